The van der Waals surface area contributed by atoms with E-state index in [1.807, 2.05) is 0 Å². The lowest BCUT2D eigenvalue weighted by molar-refractivity contribution is -0.125. The average molecular weight is 280 g/mol. The van der Waals surface area contributed by atoms with Gasteiger partial charge in [0, 0.05) is 12.6 Å². The predicted molar refractivity (Wildman–Crippen MR) is 73.6 cm³/mol. The number of fused-ring (bicyclic) bond motifs is 1. The Hall–Kier alpha value is -1.65. The fourth-order valence-corrected chi connectivity index (χ4v) is 3.24. The van der Waals surface area contributed by atoms with E-state index in [9.17, 15) is 13.6 Å². The summed E-state index contributed by atoms with van der Waals surface area (Å²) in [5.74, 6) is -1.51. The number of nitrogens with one attached hydrogen (secondary N) is 2. The van der Waals surface area contributed by atoms with Gasteiger partial charge in [-0.1, -0.05) is 25.7 Å². The molecule has 0 bridgehead atoms. The number of benzene rings is 1. The van der Waals surface area contributed by atoms with Crippen LogP contribution in [0.1, 0.15) is 38.5 Å². The molecule has 5 heteroatoms. The maximum absolute atomic E-state index is 13.8. The highest BCUT2D eigenvalue weighted by atomic mass is 19.1. The van der Waals surface area contributed by atoms with Crippen LogP contribution in [-0.2, 0) is 4.79 Å². The minimum Gasteiger partial charge on any atom is -0.382 e. The Morgan fingerprint density at radius 1 is 1.05 bits per heavy atom. The van der Waals surface area contributed by atoms with E-state index in [2.05, 4.69) is 10.6 Å². The van der Waals surface area contributed by atoms with Crippen LogP contribution in [0.25, 0.3) is 0 Å². The fourth-order valence-electron chi connectivity index (χ4n) is 3.24. The Morgan fingerprint density at radius 3 is 2.45 bits per heavy atom. The molecule has 1 heterocycles. The number of anilines is 2. The number of halogens is 2. The summed E-state index contributed by atoms with van der Waals surface area (Å²) < 4.78 is 27.1. The van der Waals surface area contributed by atoms with Crippen LogP contribution in [0.5, 0.6) is 0 Å². The Bertz CT molecular complexity index is 537. The van der Waals surface area contributed by atoms with Gasteiger partial charge in [0.1, 0.15) is 11.5 Å². The van der Waals surface area contributed by atoms with Gasteiger partial charge in [-0.2, -0.15) is 0 Å². The molecule has 0 saturated heterocycles. The molecule has 1 amide bonds. The molecule has 1 fully saturated rings. The van der Waals surface area contributed by atoms with Crippen molar-refractivity contribution in [1.82, 2.24) is 0 Å². The lowest BCUT2D eigenvalue weighted by atomic mass is 9.79. The Morgan fingerprint density at radius 2 is 1.75 bits per heavy atom. The summed E-state index contributed by atoms with van der Waals surface area (Å²) in [5.41, 5.74) is -0.104. The van der Waals surface area contributed by atoms with E-state index in [1.54, 1.807) is 0 Å². The SMILES string of the molecule is O=C1Nc2c(F)cc(F)cc2NCC12CCCCCC2. The first-order valence-corrected chi connectivity index (χ1v) is 7.15. The van der Waals surface area contributed by atoms with E-state index >= 15 is 0 Å². The van der Waals surface area contributed by atoms with Crippen LogP contribution in [0, 0.1) is 17.0 Å². The van der Waals surface area contributed by atoms with Crippen LogP contribution in [0.4, 0.5) is 20.2 Å². The highest BCUT2D eigenvalue weighted by molar-refractivity contribution is 6.00. The summed E-state index contributed by atoms with van der Waals surface area (Å²) in [6, 6.07) is 2.03. The third kappa shape index (κ3) is 2.25. The fraction of sp³-hybridized carbons (Fsp3) is 0.533. The monoisotopic (exact) mass is 280 g/mol. The Balaban J connectivity index is 1.95. The van der Waals surface area contributed by atoms with Crippen molar-refractivity contribution < 1.29 is 13.6 Å². The van der Waals surface area contributed by atoms with Crippen molar-refractivity contribution in [3.8, 4) is 0 Å². The molecule has 1 aromatic rings. The number of amides is 1. The largest absolute Gasteiger partial charge is 0.382 e. The normalized spacial score (nSPS) is 21.4. The first-order valence-electron chi connectivity index (χ1n) is 7.15. The van der Waals surface area contributed by atoms with Crippen LogP contribution in [0.15, 0.2) is 12.1 Å². The summed E-state index contributed by atoms with van der Waals surface area (Å²) in [5, 5.41) is 5.73. The van der Waals surface area contributed by atoms with Crippen molar-refractivity contribution in [2.75, 3.05) is 17.2 Å². The van der Waals surface area contributed by atoms with Gasteiger partial charge in [0.15, 0.2) is 5.82 Å². The molecule has 1 aromatic carbocycles. The van der Waals surface area contributed by atoms with Gasteiger partial charge >= 0.3 is 0 Å². The van der Waals surface area contributed by atoms with Gasteiger partial charge < -0.3 is 10.6 Å². The average Bonchev–Trinajstić information content (AvgIpc) is 2.72. The van der Waals surface area contributed by atoms with Crippen molar-refractivity contribution >= 4 is 17.3 Å². The van der Waals surface area contributed by atoms with Crippen molar-refractivity contribution in [2.24, 2.45) is 5.41 Å². The van der Waals surface area contributed by atoms with Gasteiger partial charge in [0.05, 0.1) is 11.1 Å². The summed E-state index contributed by atoms with van der Waals surface area (Å²) in [7, 11) is 0. The summed E-state index contributed by atoms with van der Waals surface area (Å²) >= 11 is 0. The quantitative estimate of drug-likeness (QED) is 0.761. The maximum Gasteiger partial charge on any atom is 0.232 e. The van der Waals surface area contributed by atoms with Gasteiger partial charge in [0.2, 0.25) is 5.91 Å². The van der Waals surface area contributed by atoms with Crippen LogP contribution in [0.2, 0.25) is 0 Å². The maximum atomic E-state index is 13.8. The molecule has 1 spiro atoms. The molecule has 3 rings (SSSR count). The van der Waals surface area contributed by atoms with Crippen molar-refractivity contribution in [3.63, 3.8) is 0 Å². The number of hydrogen-bond donors (Lipinski definition) is 2. The van der Waals surface area contributed by atoms with Gasteiger partial charge in [-0.3, -0.25) is 4.79 Å². The van der Waals surface area contributed by atoms with Crippen molar-refractivity contribution in [2.45, 2.75) is 38.5 Å². The lowest BCUT2D eigenvalue weighted by Crippen LogP contribution is -2.39. The predicted octanol–water partition coefficient (Wildman–Crippen LogP) is 3.67. The van der Waals surface area contributed by atoms with Gasteiger partial charge in [-0.05, 0) is 18.9 Å². The number of carbonyl (C=O) groups is 1. The molecule has 2 N–H and O–H groups in total. The molecular formula is C15H18F2N2O. The molecule has 0 radical (unpaired) electrons. The van der Waals surface area contributed by atoms with Gasteiger partial charge in [-0.15, -0.1) is 0 Å². The second kappa shape index (κ2) is 5.04. The molecule has 0 atom stereocenters. The summed E-state index contributed by atoms with van der Waals surface area (Å²) in [4.78, 5) is 12.5. The van der Waals surface area contributed by atoms with Crippen LogP contribution >= 0.6 is 0 Å². The highest BCUT2D eigenvalue weighted by Gasteiger charge is 2.40. The zero-order valence-corrected chi connectivity index (χ0v) is 11.3. The molecule has 3 nitrogen and oxygen atoms in total. The molecule has 108 valence electrons. The second-order valence-corrected chi connectivity index (χ2v) is 5.81. The first kappa shape index (κ1) is 13.3. The molecule has 2 aliphatic rings. The van der Waals surface area contributed by atoms with Gasteiger partial charge in [-0.25, -0.2) is 8.78 Å². The van der Waals surface area contributed by atoms with E-state index < -0.39 is 17.0 Å². The van der Waals surface area contributed by atoms with Gasteiger partial charge in [0.25, 0.3) is 0 Å². The van der Waals surface area contributed by atoms with E-state index in [4.69, 9.17) is 0 Å². The summed E-state index contributed by atoms with van der Waals surface area (Å²) in [6.07, 6.45) is 5.86. The summed E-state index contributed by atoms with van der Waals surface area (Å²) in [6.45, 7) is 0.439. The molecule has 1 aliphatic carbocycles. The minimum absolute atomic E-state index is 0.0671. The molecule has 20 heavy (non-hydrogen) atoms. The van der Waals surface area contributed by atoms with E-state index in [0.29, 0.717) is 12.2 Å². The third-order valence-corrected chi connectivity index (χ3v) is 4.45. The van der Waals surface area contributed by atoms with Crippen molar-refractivity contribution in [1.29, 1.82) is 0 Å². The molecule has 0 aromatic heterocycles. The lowest BCUT2D eigenvalue weighted by Gasteiger charge is -2.29. The van der Waals surface area contributed by atoms with Crippen molar-refractivity contribution in [3.05, 3.63) is 23.8 Å². The molecular weight excluding hydrogens is 262 g/mol. The molecule has 1 aliphatic heterocycles. The van der Waals surface area contributed by atoms with Crippen LogP contribution in [0.3, 0.4) is 0 Å². The zero-order valence-electron chi connectivity index (χ0n) is 11.3. The van der Waals surface area contributed by atoms with E-state index in [1.165, 1.54) is 6.07 Å². The van der Waals surface area contributed by atoms with E-state index in [0.717, 1.165) is 44.6 Å². The standard InChI is InChI=1S/C15H18F2N2O/c16-10-7-11(17)13-12(8-10)18-9-15(14(20)19-13)5-3-1-2-4-6-15/h7-8,18H,1-6,9H2,(H,19,20). The zero-order chi connectivity index (χ0) is 14.2. The number of carbonyl (C=O) groups excluding carboxylic acids is 1. The second-order valence-electron chi connectivity index (χ2n) is 5.81. The molecule has 1 saturated carbocycles. The number of rotatable bonds is 0. The first-order chi connectivity index (χ1) is 9.61. The minimum atomic E-state index is -0.730. The third-order valence-electron chi connectivity index (χ3n) is 4.45. The number of hydrogen-bond acceptors (Lipinski definition) is 2. The Labute approximate surface area is 116 Å². The smallest absolute Gasteiger partial charge is 0.232 e. The highest BCUT2D eigenvalue weighted by Crippen LogP contribution is 2.40. The van der Waals surface area contributed by atoms with E-state index in [-0.39, 0.29) is 11.6 Å². The van der Waals surface area contributed by atoms with Crippen LogP contribution < -0.4 is 10.6 Å². The molecule has 0 unspecified atom stereocenters. The topological polar surface area (TPSA) is 41.1 Å². The Kier molecular flexibility index (Phi) is 3.36. The van der Waals surface area contributed by atoms with Crippen LogP contribution in [-0.4, -0.2) is 12.5 Å².